The van der Waals surface area contributed by atoms with E-state index in [1.165, 1.54) is 35.2 Å². The summed E-state index contributed by atoms with van der Waals surface area (Å²) in [5.41, 5.74) is 1.29. The van der Waals surface area contributed by atoms with E-state index in [1.807, 2.05) is 13.8 Å². The lowest BCUT2D eigenvalue weighted by atomic mass is 10.1. The molecule has 0 aromatic heterocycles. The highest BCUT2D eigenvalue weighted by Gasteiger charge is 2.34. The van der Waals surface area contributed by atoms with Gasteiger partial charge in [-0.2, -0.15) is 0 Å². The van der Waals surface area contributed by atoms with Crippen LogP contribution in [0.5, 0.6) is 0 Å². The Morgan fingerprint density at radius 3 is 2.15 bits per heavy atom. The van der Waals surface area contributed by atoms with E-state index in [9.17, 15) is 18.0 Å². The quantitative estimate of drug-likeness (QED) is 0.250. The molecular weight excluding hydrogens is 616 g/mol. The van der Waals surface area contributed by atoms with E-state index in [-0.39, 0.29) is 27.2 Å². The van der Waals surface area contributed by atoms with Gasteiger partial charge < -0.3 is 10.2 Å². The molecule has 0 spiro atoms. The molecular formula is C28H29Cl4N3O4S. The van der Waals surface area contributed by atoms with Gasteiger partial charge in [0.05, 0.1) is 15.6 Å². The van der Waals surface area contributed by atoms with Crippen LogP contribution >= 0.6 is 46.4 Å². The highest BCUT2D eigenvalue weighted by molar-refractivity contribution is 7.92. The number of nitrogens with zero attached hydrogens (tertiary/aromatic N) is 2. The molecule has 2 amide bonds. The predicted octanol–water partition coefficient (Wildman–Crippen LogP) is 6.75. The summed E-state index contributed by atoms with van der Waals surface area (Å²) < 4.78 is 28.7. The van der Waals surface area contributed by atoms with Gasteiger partial charge in [0, 0.05) is 33.7 Å². The number of carbonyl (C=O) groups is 2. The first-order valence-corrected chi connectivity index (χ1v) is 15.4. The van der Waals surface area contributed by atoms with Gasteiger partial charge in [-0.05, 0) is 62.7 Å². The van der Waals surface area contributed by atoms with Gasteiger partial charge >= 0.3 is 0 Å². The van der Waals surface area contributed by atoms with E-state index in [0.29, 0.717) is 28.6 Å². The number of amides is 2. The summed E-state index contributed by atoms with van der Waals surface area (Å²) in [5, 5.41) is 3.67. The topological polar surface area (TPSA) is 86.8 Å². The Bertz CT molecular complexity index is 1460. The Hall–Kier alpha value is -2.49. The first-order valence-electron chi connectivity index (χ1n) is 12.4. The molecule has 0 saturated heterocycles. The van der Waals surface area contributed by atoms with Crippen molar-refractivity contribution in [1.82, 2.24) is 10.2 Å². The van der Waals surface area contributed by atoms with E-state index >= 15 is 0 Å². The van der Waals surface area contributed by atoms with Gasteiger partial charge in [0.15, 0.2) is 0 Å². The van der Waals surface area contributed by atoms with E-state index in [2.05, 4.69) is 5.32 Å². The number of carbonyl (C=O) groups excluding carboxylic acids is 2. The minimum atomic E-state index is -4.30. The second-order valence-corrected chi connectivity index (χ2v) is 12.6. The van der Waals surface area contributed by atoms with Crippen LogP contribution < -0.4 is 9.62 Å². The SMILES string of the molecule is CCCNC(=O)[C@H](C)N(Cc1c(Cl)cccc1Cl)C(=O)CN(c1cc(Cl)ccc1Cl)S(=O)(=O)c1ccc(C)cc1. The van der Waals surface area contributed by atoms with Crippen LogP contribution in [0.15, 0.2) is 65.6 Å². The monoisotopic (exact) mass is 643 g/mol. The number of sulfonamides is 1. The van der Waals surface area contributed by atoms with Crippen LogP contribution in [-0.2, 0) is 26.2 Å². The minimum Gasteiger partial charge on any atom is -0.354 e. The lowest BCUT2D eigenvalue weighted by Crippen LogP contribution is -2.51. The van der Waals surface area contributed by atoms with Gasteiger partial charge in [0.2, 0.25) is 11.8 Å². The molecule has 0 aliphatic carbocycles. The summed E-state index contributed by atoms with van der Waals surface area (Å²) >= 11 is 25.4. The number of nitrogens with one attached hydrogen (secondary N) is 1. The molecule has 1 N–H and O–H groups in total. The Morgan fingerprint density at radius 2 is 1.55 bits per heavy atom. The summed E-state index contributed by atoms with van der Waals surface area (Å²) in [6.45, 7) is 4.88. The molecule has 0 unspecified atom stereocenters. The number of aryl methyl sites for hydroxylation is 1. The average Bonchev–Trinajstić information content (AvgIpc) is 2.91. The third kappa shape index (κ3) is 7.62. The van der Waals surface area contributed by atoms with Crippen molar-refractivity contribution in [3.05, 3.63) is 91.9 Å². The Kier molecular flexibility index (Phi) is 11.1. The smallest absolute Gasteiger partial charge is 0.264 e. The van der Waals surface area contributed by atoms with Crippen LogP contribution in [-0.4, -0.2) is 44.3 Å². The van der Waals surface area contributed by atoms with E-state index in [4.69, 9.17) is 46.4 Å². The van der Waals surface area contributed by atoms with Crippen LogP contribution in [0, 0.1) is 6.92 Å². The van der Waals surface area contributed by atoms with Gasteiger partial charge in [-0.15, -0.1) is 0 Å². The van der Waals surface area contributed by atoms with Crippen molar-refractivity contribution >= 4 is 73.9 Å². The number of hydrogen-bond acceptors (Lipinski definition) is 4. The molecule has 0 aliphatic rings. The molecule has 3 aromatic carbocycles. The standard InChI is InChI=1S/C28H29Cl4N3O4S/c1-4-14-33-28(37)19(3)34(16-22-23(30)6-5-7-24(22)31)27(36)17-35(26-15-20(29)10-13-25(26)32)40(38,39)21-11-8-18(2)9-12-21/h5-13,15,19H,4,14,16-17H2,1-3H3,(H,33,37)/t19-/m0/s1. The molecule has 3 aromatic rings. The van der Waals surface area contributed by atoms with Gasteiger partial charge in [-0.1, -0.05) is 77.1 Å². The first kappa shape index (κ1) is 32.0. The molecule has 0 aliphatic heterocycles. The average molecular weight is 645 g/mol. The Labute approximate surface area is 255 Å². The molecule has 7 nitrogen and oxygen atoms in total. The fraction of sp³-hybridized carbons (Fsp3) is 0.286. The highest BCUT2D eigenvalue weighted by atomic mass is 35.5. The number of halogens is 4. The molecule has 3 rings (SSSR count). The van der Waals surface area contributed by atoms with Crippen LogP contribution in [0.25, 0.3) is 0 Å². The van der Waals surface area contributed by atoms with Crippen LogP contribution in [0.3, 0.4) is 0 Å². The zero-order valence-corrected chi connectivity index (χ0v) is 26.0. The largest absolute Gasteiger partial charge is 0.354 e. The van der Waals surface area contributed by atoms with Crippen LogP contribution in [0.2, 0.25) is 20.1 Å². The van der Waals surface area contributed by atoms with E-state index in [1.54, 1.807) is 37.3 Å². The molecule has 1 atom stereocenters. The van der Waals surface area contributed by atoms with Crippen molar-refractivity contribution in [3.8, 4) is 0 Å². The van der Waals surface area contributed by atoms with Crippen molar-refractivity contribution < 1.29 is 18.0 Å². The predicted molar refractivity (Wildman–Crippen MR) is 162 cm³/mol. The van der Waals surface area contributed by atoms with Crippen molar-refractivity contribution in [2.45, 2.75) is 44.7 Å². The molecule has 0 fully saturated rings. The number of hydrogen-bond donors (Lipinski definition) is 1. The zero-order valence-electron chi connectivity index (χ0n) is 22.1. The maximum atomic E-state index is 14.0. The van der Waals surface area contributed by atoms with E-state index in [0.717, 1.165) is 9.87 Å². The normalized spacial score (nSPS) is 12.1. The lowest BCUT2D eigenvalue weighted by molar-refractivity contribution is -0.139. The molecule has 0 heterocycles. The second-order valence-electron chi connectivity index (χ2n) is 9.11. The van der Waals surface area contributed by atoms with Crippen molar-refractivity contribution in [2.24, 2.45) is 0 Å². The highest BCUT2D eigenvalue weighted by Crippen LogP contribution is 2.34. The van der Waals surface area contributed by atoms with Crippen molar-refractivity contribution in [3.63, 3.8) is 0 Å². The van der Waals surface area contributed by atoms with E-state index < -0.39 is 34.4 Å². The summed E-state index contributed by atoms with van der Waals surface area (Å²) in [7, 11) is -4.30. The minimum absolute atomic E-state index is 0.0157. The maximum absolute atomic E-state index is 14.0. The summed E-state index contributed by atoms with van der Waals surface area (Å²) in [6.07, 6.45) is 0.693. The number of benzene rings is 3. The van der Waals surface area contributed by atoms with Crippen LogP contribution in [0.4, 0.5) is 5.69 Å². The Balaban J connectivity index is 2.10. The summed E-state index contributed by atoms with van der Waals surface area (Å²) in [4.78, 5) is 28.2. The summed E-state index contributed by atoms with van der Waals surface area (Å²) in [6, 6.07) is 14.4. The molecule has 12 heteroatoms. The van der Waals surface area contributed by atoms with Gasteiger partial charge in [0.25, 0.3) is 10.0 Å². The second kappa shape index (κ2) is 13.9. The van der Waals surface area contributed by atoms with Crippen molar-refractivity contribution in [2.75, 3.05) is 17.4 Å². The molecule has 0 bridgehead atoms. The van der Waals surface area contributed by atoms with Crippen LogP contribution in [0.1, 0.15) is 31.4 Å². The Morgan fingerprint density at radius 1 is 0.925 bits per heavy atom. The third-order valence-electron chi connectivity index (χ3n) is 6.17. The maximum Gasteiger partial charge on any atom is 0.264 e. The van der Waals surface area contributed by atoms with Gasteiger partial charge in [-0.3, -0.25) is 13.9 Å². The first-order chi connectivity index (χ1) is 18.9. The molecule has 0 saturated carbocycles. The lowest BCUT2D eigenvalue weighted by Gasteiger charge is -2.32. The fourth-order valence-corrected chi connectivity index (χ4v) is 6.24. The summed E-state index contributed by atoms with van der Waals surface area (Å²) in [5.74, 6) is -1.09. The molecule has 40 heavy (non-hydrogen) atoms. The third-order valence-corrected chi connectivity index (χ3v) is 9.21. The van der Waals surface area contributed by atoms with Gasteiger partial charge in [0.1, 0.15) is 12.6 Å². The van der Waals surface area contributed by atoms with Gasteiger partial charge in [-0.25, -0.2) is 8.42 Å². The molecule has 0 radical (unpaired) electrons. The zero-order chi connectivity index (χ0) is 29.6. The number of rotatable bonds is 11. The van der Waals surface area contributed by atoms with Crippen molar-refractivity contribution in [1.29, 1.82) is 0 Å². The fourth-order valence-electron chi connectivity index (χ4n) is 3.86. The number of anilines is 1. The molecule has 214 valence electrons.